The Hall–Kier alpha value is -2.02. The van der Waals surface area contributed by atoms with Crippen LogP contribution in [0.3, 0.4) is 0 Å². The summed E-state index contributed by atoms with van der Waals surface area (Å²) >= 11 is 0. The van der Waals surface area contributed by atoms with E-state index >= 15 is 0 Å². The molecule has 2 fully saturated rings. The Morgan fingerprint density at radius 2 is 2.32 bits per heavy atom. The van der Waals surface area contributed by atoms with Crippen LogP contribution < -0.4 is 5.32 Å². The average Bonchev–Trinajstić information content (AvgIpc) is 3.27. The first-order chi connectivity index (χ1) is 12.0. The molecule has 2 aliphatic rings. The maximum Gasteiger partial charge on any atom is 0.318 e. The molecule has 0 radical (unpaired) electrons. The number of amides is 2. The van der Waals surface area contributed by atoms with Crippen LogP contribution in [0.15, 0.2) is 16.5 Å². The fraction of sp³-hybridized carbons (Fsp3) is 0.667. The monoisotopic (exact) mass is 350 g/mol. The molecule has 1 unspecified atom stereocenters. The van der Waals surface area contributed by atoms with Crippen molar-refractivity contribution in [2.45, 2.75) is 38.6 Å². The van der Waals surface area contributed by atoms with Crippen LogP contribution >= 0.6 is 0 Å². The molecule has 2 amide bonds. The molecule has 3 rings (SSSR count). The van der Waals surface area contributed by atoms with Crippen LogP contribution in [-0.2, 0) is 16.0 Å². The van der Waals surface area contributed by atoms with Gasteiger partial charge in [-0.2, -0.15) is 0 Å². The summed E-state index contributed by atoms with van der Waals surface area (Å²) in [6, 6.07) is 3.09. The maximum atomic E-state index is 12.7. The highest BCUT2D eigenvalue weighted by atomic mass is 16.5. The number of carboxylic acid groups (broad SMARTS) is 1. The molecular formula is C18H26N2O5. The van der Waals surface area contributed by atoms with Gasteiger partial charge in [-0.15, -0.1) is 0 Å². The summed E-state index contributed by atoms with van der Waals surface area (Å²) in [5, 5.41) is 12.6. The van der Waals surface area contributed by atoms with Gasteiger partial charge in [0.1, 0.15) is 17.6 Å². The number of nitrogens with zero attached hydrogens (tertiary/aromatic N) is 1. The molecule has 0 aromatic carbocycles. The summed E-state index contributed by atoms with van der Waals surface area (Å²) in [6.07, 6.45) is 3.22. The Morgan fingerprint density at radius 3 is 2.92 bits per heavy atom. The lowest BCUT2D eigenvalue weighted by molar-refractivity contribution is -0.149. The van der Waals surface area contributed by atoms with Crippen molar-refractivity contribution < 1.29 is 23.8 Å². The van der Waals surface area contributed by atoms with Crippen LogP contribution in [0, 0.1) is 11.3 Å². The third-order valence-corrected chi connectivity index (χ3v) is 5.59. The van der Waals surface area contributed by atoms with Crippen molar-refractivity contribution in [2.75, 3.05) is 26.8 Å². The van der Waals surface area contributed by atoms with Crippen molar-refractivity contribution >= 4 is 12.0 Å². The van der Waals surface area contributed by atoms with Gasteiger partial charge in [0.2, 0.25) is 0 Å². The zero-order valence-corrected chi connectivity index (χ0v) is 14.8. The number of methoxy groups -OCH3 is 1. The molecule has 25 heavy (non-hydrogen) atoms. The highest BCUT2D eigenvalue weighted by Gasteiger charge is 2.55. The first-order valence-corrected chi connectivity index (χ1v) is 8.86. The van der Waals surface area contributed by atoms with Crippen LogP contribution in [0.2, 0.25) is 0 Å². The number of fused-ring (bicyclic) bond motifs is 1. The predicted octanol–water partition coefficient (Wildman–Crippen LogP) is 2.43. The Kier molecular flexibility index (Phi) is 5.03. The number of carbonyl (C=O) groups is 2. The third-order valence-electron chi connectivity index (χ3n) is 5.59. The van der Waals surface area contributed by atoms with Gasteiger partial charge in [-0.3, -0.25) is 4.79 Å². The summed E-state index contributed by atoms with van der Waals surface area (Å²) < 4.78 is 10.9. The number of aliphatic carboxylic acids is 1. The first kappa shape index (κ1) is 17.8. The summed E-state index contributed by atoms with van der Waals surface area (Å²) in [4.78, 5) is 26.1. The van der Waals surface area contributed by atoms with Crippen LogP contribution in [0.4, 0.5) is 4.79 Å². The van der Waals surface area contributed by atoms with E-state index in [-0.39, 0.29) is 24.5 Å². The maximum absolute atomic E-state index is 12.7. The lowest BCUT2D eigenvalue weighted by Gasteiger charge is -2.25. The summed E-state index contributed by atoms with van der Waals surface area (Å²) in [6.45, 7) is 3.07. The molecule has 7 heteroatoms. The Labute approximate surface area is 147 Å². The lowest BCUT2D eigenvalue weighted by atomic mass is 9.81. The number of ether oxygens (including phenoxy) is 1. The molecule has 1 aromatic heterocycles. The topological polar surface area (TPSA) is 92.0 Å². The zero-order valence-electron chi connectivity index (χ0n) is 14.8. The molecule has 2 heterocycles. The average molecular weight is 350 g/mol. The minimum atomic E-state index is -0.780. The fourth-order valence-corrected chi connectivity index (χ4v) is 4.17. The summed E-state index contributed by atoms with van der Waals surface area (Å²) in [5.74, 6) is 0.773. The number of urea groups is 1. The second-order valence-corrected chi connectivity index (χ2v) is 7.05. The predicted molar refractivity (Wildman–Crippen MR) is 90.2 cm³/mol. The largest absolute Gasteiger partial charge is 0.481 e. The van der Waals surface area contributed by atoms with Crippen molar-refractivity contribution in [3.8, 4) is 0 Å². The second kappa shape index (κ2) is 7.07. The Balaban J connectivity index is 1.69. The van der Waals surface area contributed by atoms with Gasteiger partial charge >= 0.3 is 12.0 Å². The first-order valence-electron chi connectivity index (χ1n) is 8.86. The minimum absolute atomic E-state index is 0.0481. The molecule has 1 saturated carbocycles. The van der Waals surface area contributed by atoms with Crippen molar-refractivity contribution in [3.05, 3.63) is 23.7 Å². The van der Waals surface area contributed by atoms with E-state index in [1.165, 1.54) is 0 Å². The van der Waals surface area contributed by atoms with Crippen LogP contribution in [0.1, 0.15) is 43.7 Å². The molecule has 1 aromatic rings. The molecule has 138 valence electrons. The molecule has 1 aliphatic carbocycles. The van der Waals surface area contributed by atoms with Gasteiger partial charge in [0.05, 0.1) is 12.0 Å². The number of likely N-dealkylation sites (tertiary alicyclic amines) is 1. The van der Waals surface area contributed by atoms with Gasteiger partial charge in [0.15, 0.2) is 0 Å². The van der Waals surface area contributed by atoms with Crippen molar-refractivity contribution in [3.63, 3.8) is 0 Å². The quantitative estimate of drug-likeness (QED) is 0.822. The van der Waals surface area contributed by atoms with Crippen LogP contribution in [0.5, 0.6) is 0 Å². The van der Waals surface area contributed by atoms with E-state index in [1.54, 1.807) is 12.0 Å². The number of aryl methyl sites for hydroxylation is 1. The van der Waals surface area contributed by atoms with Gasteiger partial charge in [-0.1, -0.05) is 13.3 Å². The van der Waals surface area contributed by atoms with Gasteiger partial charge in [-0.25, -0.2) is 4.79 Å². The van der Waals surface area contributed by atoms with Crippen molar-refractivity contribution in [1.29, 1.82) is 0 Å². The van der Waals surface area contributed by atoms with Gasteiger partial charge in [-0.05, 0) is 30.9 Å². The molecule has 1 aliphatic heterocycles. The lowest BCUT2D eigenvalue weighted by Crippen LogP contribution is -2.43. The zero-order chi connectivity index (χ0) is 18.0. The van der Waals surface area contributed by atoms with E-state index in [4.69, 9.17) is 9.15 Å². The molecule has 2 N–H and O–H groups in total. The van der Waals surface area contributed by atoms with Crippen molar-refractivity contribution in [1.82, 2.24) is 10.2 Å². The molecule has 1 saturated heterocycles. The SMILES string of the molecule is CCc1ccc(C(COC)NC(=O)N2C[C@@H]3CCC[C@@]3(C(=O)O)C2)o1. The standard InChI is InChI=1S/C18H26N2O5/c1-3-13-6-7-15(25-13)14(10-24-2)19-17(23)20-9-12-5-4-8-18(12,11-20)16(21)22/h6-7,12,14H,3-5,8-11H2,1-2H3,(H,19,23)(H,21,22)/t12-,14?,18+/m0/s1. The Morgan fingerprint density at radius 1 is 1.52 bits per heavy atom. The van der Waals surface area contributed by atoms with Crippen molar-refractivity contribution in [2.24, 2.45) is 11.3 Å². The minimum Gasteiger partial charge on any atom is -0.481 e. The second-order valence-electron chi connectivity index (χ2n) is 7.05. The van der Waals surface area contributed by atoms with Crippen LogP contribution in [-0.4, -0.2) is 48.8 Å². The van der Waals surface area contributed by atoms with Gasteiger partial charge in [0, 0.05) is 26.6 Å². The van der Waals surface area contributed by atoms with E-state index < -0.39 is 11.4 Å². The van der Waals surface area contributed by atoms with Crippen LogP contribution in [0.25, 0.3) is 0 Å². The number of hydrogen-bond acceptors (Lipinski definition) is 4. The molecular weight excluding hydrogens is 324 g/mol. The third kappa shape index (κ3) is 3.25. The van der Waals surface area contributed by atoms with Gasteiger partial charge in [0.25, 0.3) is 0 Å². The Bertz CT molecular complexity index is 643. The van der Waals surface area contributed by atoms with E-state index in [2.05, 4.69) is 5.32 Å². The van der Waals surface area contributed by atoms with Gasteiger partial charge < -0.3 is 24.5 Å². The highest BCUT2D eigenvalue weighted by Crippen LogP contribution is 2.48. The van der Waals surface area contributed by atoms with E-state index in [1.807, 2.05) is 19.1 Å². The summed E-state index contributed by atoms with van der Waals surface area (Å²) in [7, 11) is 1.57. The summed E-state index contributed by atoms with van der Waals surface area (Å²) in [5.41, 5.74) is -0.770. The number of nitrogens with one attached hydrogen (secondary N) is 1. The van der Waals surface area contributed by atoms with E-state index in [9.17, 15) is 14.7 Å². The number of carbonyl (C=O) groups excluding carboxylic acids is 1. The highest BCUT2D eigenvalue weighted by molar-refractivity contribution is 5.80. The number of carboxylic acids is 1. The smallest absolute Gasteiger partial charge is 0.318 e. The van der Waals surface area contributed by atoms with E-state index in [0.717, 1.165) is 25.0 Å². The number of furan rings is 1. The number of hydrogen-bond donors (Lipinski definition) is 2. The molecule has 3 atom stereocenters. The molecule has 7 nitrogen and oxygen atoms in total. The van der Waals surface area contributed by atoms with E-state index in [0.29, 0.717) is 25.3 Å². The normalized spacial score (nSPS) is 26.5. The fourth-order valence-electron chi connectivity index (χ4n) is 4.17. The molecule has 0 bridgehead atoms. The number of rotatable bonds is 6. The molecule has 0 spiro atoms.